The molecule has 0 spiro atoms. The van der Waals surface area contributed by atoms with E-state index >= 15 is 0 Å². The first-order chi connectivity index (χ1) is 29.9. The van der Waals surface area contributed by atoms with Crippen molar-refractivity contribution in [3.05, 3.63) is 85.1 Å². The predicted molar refractivity (Wildman–Crippen MR) is 247 cm³/mol. The van der Waals surface area contributed by atoms with Crippen molar-refractivity contribution in [1.29, 1.82) is 0 Å². The van der Waals surface area contributed by atoms with E-state index in [4.69, 9.17) is 24.8 Å². The van der Waals surface area contributed by atoms with Gasteiger partial charge in [0.25, 0.3) is 0 Å². The number of aliphatic hydroxyl groups excluding tert-OH is 2. The average Bonchev–Trinajstić information content (AvgIpc) is 3.24. The van der Waals surface area contributed by atoms with Crippen LogP contribution in [0.1, 0.15) is 155 Å². The fraction of sp³-hybridized carbons (Fsp3) is 0.646. The van der Waals surface area contributed by atoms with Gasteiger partial charge in [-0.2, -0.15) is 0 Å². The number of carbonyl (C=O) groups excluding carboxylic acids is 2. The van der Waals surface area contributed by atoms with Gasteiger partial charge in [0, 0.05) is 12.8 Å². The lowest BCUT2D eigenvalue weighted by Gasteiger charge is -2.20. The van der Waals surface area contributed by atoms with Crippen LogP contribution in [0.5, 0.6) is 0 Å². The number of phosphoric acid groups is 1. The normalized spacial score (nSPS) is 15.5. The number of carboxylic acid groups (broad SMARTS) is 1. The summed E-state index contributed by atoms with van der Waals surface area (Å²) < 4.78 is 32.6. The summed E-state index contributed by atoms with van der Waals surface area (Å²) in [5.74, 6) is -2.58. The molecule has 14 heteroatoms. The number of ether oxygens (including phenoxy) is 2. The Balaban J connectivity index is 4.58. The first-order valence-corrected chi connectivity index (χ1v) is 24.3. The van der Waals surface area contributed by atoms with Crippen LogP contribution in [0.25, 0.3) is 0 Å². The van der Waals surface area contributed by atoms with Crippen molar-refractivity contribution in [2.45, 2.75) is 179 Å². The molecule has 0 aliphatic heterocycles. The van der Waals surface area contributed by atoms with Crippen molar-refractivity contribution in [2.75, 3.05) is 19.8 Å². The Labute approximate surface area is 372 Å². The van der Waals surface area contributed by atoms with E-state index in [0.29, 0.717) is 32.1 Å². The molecule has 0 saturated heterocycles. The lowest BCUT2D eigenvalue weighted by Crippen LogP contribution is -2.34. The number of nitrogens with two attached hydrogens (primary N) is 1. The molecule has 354 valence electrons. The molecule has 0 aliphatic rings. The molecule has 0 aliphatic carbocycles. The minimum atomic E-state index is -4.77. The summed E-state index contributed by atoms with van der Waals surface area (Å²) in [6.07, 6.45) is 44.3. The second-order valence-electron chi connectivity index (χ2n) is 15.2. The van der Waals surface area contributed by atoms with E-state index in [-0.39, 0.29) is 12.8 Å². The van der Waals surface area contributed by atoms with Crippen LogP contribution in [0.3, 0.4) is 0 Å². The topological polar surface area (TPSA) is 212 Å². The second-order valence-corrected chi connectivity index (χ2v) is 16.7. The molecule has 0 rings (SSSR count). The lowest BCUT2D eigenvalue weighted by molar-refractivity contribution is -0.161. The molecule has 0 fully saturated rings. The van der Waals surface area contributed by atoms with Gasteiger partial charge in [-0.25, -0.2) is 4.57 Å². The summed E-state index contributed by atoms with van der Waals surface area (Å²) >= 11 is 0. The van der Waals surface area contributed by atoms with Crippen LogP contribution in [-0.4, -0.2) is 82.3 Å². The van der Waals surface area contributed by atoms with Crippen LogP contribution in [0.2, 0.25) is 0 Å². The second kappa shape index (κ2) is 41.6. The van der Waals surface area contributed by atoms with Crippen LogP contribution in [0, 0.1) is 0 Å². The van der Waals surface area contributed by atoms with E-state index < -0.39 is 69.9 Å². The van der Waals surface area contributed by atoms with Crippen LogP contribution in [-0.2, 0) is 37.5 Å². The molecule has 0 aromatic rings. The maximum absolute atomic E-state index is 12.6. The summed E-state index contributed by atoms with van der Waals surface area (Å²) in [4.78, 5) is 46.0. The predicted octanol–water partition coefficient (Wildman–Crippen LogP) is 10.2. The Kier molecular flexibility index (Phi) is 39.3. The van der Waals surface area contributed by atoms with Crippen LogP contribution >= 0.6 is 7.82 Å². The molecule has 0 aromatic heterocycles. The van der Waals surface area contributed by atoms with Crippen LogP contribution < -0.4 is 5.73 Å². The van der Waals surface area contributed by atoms with Gasteiger partial charge in [-0.15, -0.1) is 0 Å². The Morgan fingerprint density at radius 3 is 1.69 bits per heavy atom. The zero-order chi connectivity index (χ0) is 45.9. The zero-order valence-corrected chi connectivity index (χ0v) is 38.5. The molecule has 6 N–H and O–H groups in total. The molecular weight excluding hydrogens is 813 g/mol. The number of hydrogen-bond donors (Lipinski definition) is 5. The van der Waals surface area contributed by atoms with Crippen molar-refractivity contribution >= 4 is 25.7 Å². The molecule has 0 bridgehead atoms. The van der Waals surface area contributed by atoms with Gasteiger partial charge in [0.05, 0.1) is 25.4 Å². The highest BCUT2D eigenvalue weighted by molar-refractivity contribution is 7.47. The third-order valence-electron chi connectivity index (χ3n) is 9.31. The van der Waals surface area contributed by atoms with Crippen LogP contribution in [0.4, 0.5) is 0 Å². The van der Waals surface area contributed by atoms with Crippen molar-refractivity contribution in [3.63, 3.8) is 0 Å². The molecular formula is C48H80NO12P. The maximum atomic E-state index is 12.6. The number of esters is 2. The molecule has 0 amide bonds. The Bertz CT molecular complexity index is 1410. The summed E-state index contributed by atoms with van der Waals surface area (Å²) in [5, 5.41) is 28.9. The largest absolute Gasteiger partial charge is 0.480 e. The van der Waals surface area contributed by atoms with E-state index in [0.717, 1.165) is 38.5 Å². The van der Waals surface area contributed by atoms with Gasteiger partial charge >= 0.3 is 25.7 Å². The summed E-state index contributed by atoms with van der Waals surface area (Å²) in [7, 11) is -4.77. The monoisotopic (exact) mass is 894 g/mol. The minimum absolute atomic E-state index is 0.0352. The van der Waals surface area contributed by atoms with E-state index in [2.05, 4.69) is 23.6 Å². The molecule has 62 heavy (non-hydrogen) atoms. The van der Waals surface area contributed by atoms with E-state index in [9.17, 15) is 34.1 Å². The third kappa shape index (κ3) is 40.6. The van der Waals surface area contributed by atoms with Gasteiger partial charge in [-0.05, 0) is 64.2 Å². The van der Waals surface area contributed by atoms with Crippen LogP contribution in [0.15, 0.2) is 85.1 Å². The summed E-state index contributed by atoms with van der Waals surface area (Å²) in [5.41, 5.74) is 5.33. The Morgan fingerprint density at radius 2 is 1.11 bits per heavy atom. The lowest BCUT2D eigenvalue weighted by atomic mass is 10.1. The van der Waals surface area contributed by atoms with Gasteiger partial charge in [-0.3, -0.25) is 23.4 Å². The average molecular weight is 894 g/mol. The number of carbonyl (C=O) groups is 3. The Hall–Kier alpha value is -3.42. The fourth-order valence-electron chi connectivity index (χ4n) is 5.67. The van der Waals surface area contributed by atoms with Crippen molar-refractivity contribution in [2.24, 2.45) is 5.73 Å². The molecule has 0 heterocycles. The third-order valence-corrected chi connectivity index (χ3v) is 10.3. The minimum Gasteiger partial charge on any atom is -0.480 e. The van der Waals surface area contributed by atoms with E-state index in [1.165, 1.54) is 57.8 Å². The van der Waals surface area contributed by atoms with E-state index in [1.54, 1.807) is 36.5 Å². The fourth-order valence-corrected chi connectivity index (χ4v) is 6.45. The number of carboxylic acids is 1. The van der Waals surface area contributed by atoms with Gasteiger partial charge in [0.2, 0.25) is 0 Å². The van der Waals surface area contributed by atoms with Gasteiger partial charge < -0.3 is 35.4 Å². The van der Waals surface area contributed by atoms with Gasteiger partial charge in [0.1, 0.15) is 12.6 Å². The zero-order valence-electron chi connectivity index (χ0n) is 37.6. The van der Waals surface area contributed by atoms with E-state index in [1.807, 2.05) is 43.4 Å². The highest BCUT2D eigenvalue weighted by atomic mass is 31.2. The highest BCUT2D eigenvalue weighted by Gasteiger charge is 2.28. The number of hydrogen-bond acceptors (Lipinski definition) is 11. The molecule has 1 unspecified atom stereocenters. The molecule has 0 saturated carbocycles. The summed E-state index contributed by atoms with van der Waals surface area (Å²) in [6, 6.07) is -1.55. The molecule has 0 radical (unpaired) electrons. The smallest absolute Gasteiger partial charge is 0.472 e. The molecule has 5 atom stereocenters. The van der Waals surface area contributed by atoms with Gasteiger partial charge in [-0.1, -0.05) is 163 Å². The number of aliphatic carboxylic acids is 1. The molecule has 0 aromatic carbocycles. The number of aliphatic hydroxyl groups is 2. The quantitative estimate of drug-likeness (QED) is 0.0127. The van der Waals surface area contributed by atoms with Crippen molar-refractivity contribution in [3.8, 4) is 0 Å². The number of rotatable bonds is 41. The highest BCUT2D eigenvalue weighted by Crippen LogP contribution is 2.43. The first kappa shape index (κ1) is 58.6. The number of phosphoric ester groups is 1. The molecule has 13 nitrogen and oxygen atoms in total. The number of unbranched alkanes of at least 4 members (excludes halogenated alkanes) is 13. The Morgan fingerprint density at radius 1 is 0.597 bits per heavy atom. The number of allylic oxidation sites excluding steroid dienone is 10. The maximum Gasteiger partial charge on any atom is 0.472 e. The van der Waals surface area contributed by atoms with Crippen molar-refractivity contribution in [1.82, 2.24) is 0 Å². The van der Waals surface area contributed by atoms with Crippen molar-refractivity contribution < 1.29 is 57.7 Å². The summed E-state index contributed by atoms with van der Waals surface area (Å²) in [6.45, 7) is 2.42. The SMILES string of the molecule is CC/C=C\C[C@@H](O)/C=C/C=C\C=C\[C@@H](O)C/C=C\C/C=C\CCC(=O)OC[C@H](COP(=O)(O)OC[C@H](N)C(=O)O)OC(=O)CCCCCCCCC/C=C\CCCCCCCC. The standard InChI is InChI=1S/C48H80NO12P/c1-3-5-7-8-9-10-11-12-13-14-15-16-17-18-19-24-32-38-47(53)61-44(40-59-62(56,57)60-41-45(49)48(54)55)39-58-46(52)37-31-23-21-20-22-28-34-43(51)36-30-26-25-29-35-42(50)33-27-6-4-2/h6,12-13,21-23,25-30,35-36,42-45,50-51H,3-5,7-11,14-20,24,31-34,37-41,49H2,1-2H3,(H,54,55)(H,56,57)/b13-12-,23-21-,26-25-,27-6-,28-22-,35-29+,36-30+/t42-,43+,44-,45+/m1/s1. The van der Waals surface area contributed by atoms with Gasteiger partial charge in [0.15, 0.2) is 6.10 Å². The first-order valence-electron chi connectivity index (χ1n) is 22.8.